The zero-order valence-corrected chi connectivity index (χ0v) is 8.27. The lowest BCUT2D eigenvalue weighted by atomic mass is 10.4. The largest absolute Gasteiger partial charge is 0.237 e. The Labute approximate surface area is 84.2 Å². The zero-order chi connectivity index (χ0) is 8.43. The molecule has 0 atom stereocenters. The molecule has 0 fully saturated rings. The number of rotatable bonds is 1. The minimum absolute atomic E-state index is 0.228. The molecule has 1 rings (SSSR count). The molecule has 1 nitrogen and oxygen atoms in total. The number of nitrogens with zero attached hydrogens (tertiary/aromatic N) is 1. The number of hydrogen-bond donors (Lipinski definition) is 0. The van der Waals surface area contributed by atoms with Crippen molar-refractivity contribution in [3.8, 4) is 0 Å². The van der Waals surface area contributed by atoms with E-state index in [1.54, 1.807) is 0 Å². The van der Waals surface area contributed by atoms with E-state index in [1.807, 2.05) is 0 Å². The Morgan fingerprint density at radius 3 is 2.36 bits per heavy atom. The van der Waals surface area contributed by atoms with Gasteiger partial charge in [0.1, 0.15) is 5.15 Å². The van der Waals surface area contributed by atoms with Gasteiger partial charge in [-0.1, -0.05) is 34.8 Å². The van der Waals surface area contributed by atoms with Gasteiger partial charge in [0, 0.05) is 0 Å². The van der Waals surface area contributed by atoms with Gasteiger partial charge in [-0.05, 0) is 6.07 Å². The standard InChI is InChI=1S/C6H3Cl4N/c7-2-5-3(8)1-4(9)6(10)11-5/h1H,2H2. The lowest BCUT2D eigenvalue weighted by Gasteiger charge is -2.00. The van der Waals surface area contributed by atoms with Gasteiger partial charge in [-0.15, -0.1) is 11.6 Å². The molecule has 1 aromatic rings. The number of pyridine rings is 1. The molecular weight excluding hydrogens is 228 g/mol. The molecule has 5 heteroatoms. The SMILES string of the molecule is ClCc1nc(Cl)c(Cl)cc1Cl. The summed E-state index contributed by atoms with van der Waals surface area (Å²) in [5.74, 6) is 0.232. The van der Waals surface area contributed by atoms with Crippen molar-refractivity contribution in [2.75, 3.05) is 0 Å². The first-order chi connectivity index (χ1) is 5.15. The first-order valence-electron chi connectivity index (χ1n) is 2.71. The maximum atomic E-state index is 5.71. The Bertz CT molecular complexity index is 274. The predicted octanol–water partition coefficient (Wildman–Crippen LogP) is 3.78. The van der Waals surface area contributed by atoms with E-state index < -0.39 is 0 Å². The van der Waals surface area contributed by atoms with E-state index in [-0.39, 0.29) is 11.0 Å². The highest BCUT2D eigenvalue weighted by molar-refractivity contribution is 6.42. The summed E-state index contributed by atoms with van der Waals surface area (Å²) in [5.41, 5.74) is 0.544. The van der Waals surface area contributed by atoms with Crippen LogP contribution < -0.4 is 0 Å². The molecule has 1 aromatic heterocycles. The van der Waals surface area contributed by atoms with E-state index in [4.69, 9.17) is 46.4 Å². The second kappa shape index (κ2) is 3.81. The Hall–Kier alpha value is 0.310. The van der Waals surface area contributed by atoms with Crippen molar-refractivity contribution in [3.63, 3.8) is 0 Å². The minimum atomic E-state index is 0.228. The molecule has 11 heavy (non-hydrogen) atoms. The van der Waals surface area contributed by atoms with E-state index in [9.17, 15) is 0 Å². The molecule has 0 bridgehead atoms. The molecule has 0 amide bonds. The highest BCUT2D eigenvalue weighted by Gasteiger charge is 2.05. The van der Waals surface area contributed by atoms with Crippen LogP contribution in [0.25, 0.3) is 0 Å². The number of halogens is 4. The van der Waals surface area contributed by atoms with Crippen LogP contribution in [0.2, 0.25) is 15.2 Å². The van der Waals surface area contributed by atoms with Gasteiger partial charge < -0.3 is 0 Å². The third kappa shape index (κ3) is 2.12. The van der Waals surface area contributed by atoms with Crippen LogP contribution in [0, 0.1) is 0 Å². The van der Waals surface area contributed by atoms with E-state index in [1.165, 1.54) is 6.07 Å². The van der Waals surface area contributed by atoms with Crippen LogP contribution in [0.15, 0.2) is 6.07 Å². The zero-order valence-electron chi connectivity index (χ0n) is 5.24. The van der Waals surface area contributed by atoms with Crippen LogP contribution in [0.5, 0.6) is 0 Å². The summed E-state index contributed by atoms with van der Waals surface area (Å²) in [7, 11) is 0. The number of alkyl halides is 1. The van der Waals surface area contributed by atoms with Gasteiger partial charge in [-0.2, -0.15) is 0 Å². The van der Waals surface area contributed by atoms with Crippen LogP contribution in [-0.4, -0.2) is 4.98 Å². The first kappa shape index (κ1) is 9.40. The summed E-state index contributed by atoms with van der Waals surface area (Å²) in [4.78, 5) is 3.86. The molecule has 0 saturated heterocycles. The normalized spacial score (nSPS) is 10.2. The minimum Gasteiger partial charge on any atom is -0.237 e. The van der Waals surface area contributed by atoms with Crippen LogP contribution in [0.4, 0.5) is 0 Å². The lowest BCUT2D eigenvalue weighted by Crippen LogP contribution is -1.87. The van der Waals surface area contributed by atoms with Crippen LogP contribution in [0.1, 0.15) is 5.69 Å². The summed E-state index contributed by atoms with van der Waals surface area (Å²) < 4.78 is 0. The molecule has 0 aromatic carbocycles. The summed E-state index contributed by atoms with van der Waals surface area (Å²) in [5, 5.41) is 1.01. The van der Waals surface area contributed by atoms with Crippen molar-refractivity contribution in [3.05, 3.63) is 27.0 Å². The first-order valence-corrected chi connectivity index (χ1v) is 4.38. The fourth-order valence-electron chi connectivity index (χ4n) is 0.573. The Kier molecular flexibility index (Phi) is 3.26. The smallest absolute Gasteiger partial charge is 0.148 e. The van der Waals surface area contributed by atoms with Crippen molar-refractivity contribution in [2.24, 2.45) is 0 Å². The van der Waals surface area contributed by atoms with E-state index >= 15 is 0 Å². The van der Waals surface area contributed by atoms with E-state index in [0.29, 0.717) is 15.7 Å². The van der Waals surface area contributed by atoms with E-state index in [0.717, 1.165) is 0 Å². The van der Waals surface area contributed by atoms with Crippen molar-refractivity contribution >= 4 is 46.4 Å². The van der Waals surface area contributed by atoms with Gasteiger partial charge in [-0.25, -0.2) is 4.98 Å². The summed E-state index contributed by atoms with van der Waals surface area (Å²) in [6, 6.07) is 1.52. The van der Waals surface area contributed by atoms with Crippen molar-refractivity contribution in [2.45, 2.75) is 5.88 Å². The lowest BCUT2D eigenvalue weighted by molar-refractivity contribution is 1.17. The molecule has 0 saturated carbocycles. The second-order valence-electron chi connectivity index (χ2n) is 1.82. The maximum absolute atomic E-state index is 5.71. The summed E-state index contributed by atoms with van der Waals surface area (Å²) in [6.07, 6.45) is 0. The third-order valence-corrected chi connectivity index (χ3v) is 2.34. The Balaban J connectivity index is 3.21. The van der Waals surface area contributed by atoms with E-state index in [2.05, 4.69) is 4.98 Å². The van der Waals surface area contributed by atoms with Gasteiger partial charge in [0.05, 0.1) is 21.6 Å². The average molecular weight is 231 g/mol. The monoisotopic (exact) mass is 229 g/mol. The van der Waals surface area contributed by atoms with Crippen molar-refractivity contribution < 1.29 is 0 Å². The molecule has 0 aliphatic carbocycles. The van der Waals surface area contributed by atoms with Gasteiger partial charge in [0.15, 0.2) is 0 Å². The highest BCUT2D eigenvalue weighted by atomic mass is 35.5. The molecule has 0 spiro atoms. The van der Waals surface area contributed by atoms with Gasteiger partial charge in [0.2, 0.25) is 0 Å². The number of aromatic nitrogens is 1. The molecule has 0 aliphatic rings. The number of hydrogen-bond acceptors (Lipinski definition) is 1. The van der Waals surface area contributed by atoms with Crippen LogP contribution >= 0.6 is 46.4 Å². The maximum Gasteiger partial charge on any atom is 0.148 e. The Morgan fingerprint density at radius 2 is 1.82 bits per heavy atom. The van der Waals surface area contributed by atoms with Gasteiger partial charge in [0.25, 0.3) is 0 Å². The average Bonchev–Trinajstić information content (AvgIpc) is 1.97. The summed E-state index contributed by atoms with van der Waals surface area (Å²) >= 11 is 22.4. The van der Waals surface area contributed by atoms with Gasteiger partial charge in [-0.3, -0.25) is 0 Å². The van der Waals surface area contributed by atoms with Crippen LogP contribution in [0.3, 0.4) is 0 Å². The fraction of sp³-hybridized carbons (Fsp3) is 0.167. The highest BCUT2D eigenvalue weighted by Crippen LogP contribution is 2.26. The third-order valence-electron chi connectivity index (χ3n) is 1.09. The fourth-order valence-corrected chi connectivity index (χ4v) is 1.43. The quantitative estimate of drug-likeness (QED) is 0.529. The van der Waals surface area contributed by atoms with Gasteiger partial charge >= 0.3 is 0 Å². The van der Waals surface area contributed by atoms with Crippen molar-refractivity contribution in [1.82, 2.24) is 4.98 Å². The molecule has 0 unspecified atom stereocenters. The molecule has 1 heterocycles. The van der Waals surface area contributed by atoms with Crippen LogP contribution in [-0.2, 0) is 5.88 Å². The second-order valence-corrected chi connectivity index (χ2v) is 3.26. The molecule has 0 N–H and O–H groups in total. The summed E-state index contributed by atoms with van der Waals surface area (Å²) in [6.45, 7) is 0. The van der Waals surface area contributed by atoms with Crippen molar-refractivity contribution in [1.29, 1.82) is 0 Å². The predicted molar refractivity (Wildman–Crippen MR) is 48.8 cm³/mol. The molecule has 0 radical (unpaired) electrons. The Morgan fingerprint density at radius 1 is 1.18 bits per heavy atom. The molecule has 0 aliphatic heterocycles. The molecular formula is C6H3Cl4N. The molecule has 60 valence electrons. The topological polar surface area (TPSA) is 12.9 Å².